The molecule has 0 N–H and O–H groups in total. The van der Waals surface area contributed by atoms with Gasteiger partial charge in [0.05, 0.1) is 6.54 Å². The molecular weight excluding hydrogens is 370 g/mol. The van der Waals surface area contributed by atoms with Crippen LogP contribution in [0.5, 0.6) is 0 Å². The highest BCUT2D eigenvalue weighted by atomic mass is 16.5. The van der Waals surface area contributed by atoms with E-state index in [1.807, 2.05) is 64.4 Å². The van der Waals surface area contributed by atoms with Gasteiger partial charge in [-0.3, -0.25) is 9.59 Å². The number of ether oxygens (including phenoxy) is 1. The molecule has 4 rings (SSSR count). The van der Waals surface area contributed by atoms with Crippen molar-refractivity contribution in [3.05, 3.63) is 42.2 Å². The van der Waals surface area contributed by atoms with Crippen LogP contribution in [0.4, 0.5) is 0 Å². The molecule has 1 fully saturated rings. The third-order valence-corrected chi connectivity index (χ3v) is 6.23. The first-order valence-electron chi connectivity index (χ1n) is 10.4. The van der Waals surface area contributed by atoms with Crippen LogP contribution < -0.4 is 0 Å². The van der Waals surface area contributed by atoms with Gasteiger partial charge in [-0.15, -0.1) is 0 Å². The van der Waals surface area contributed by atoms with Crippen molar-refractivity contribution in [1.29, 1.82) is 0 Å². The minimum Gasteiger partial charge on any atom is -0.352 e. The summed E-state index contributed by atoms with van der Waals surface area (Å²) >= 11 is 0. The Morgan fingerprint density at radius 3 is 2.59 bits per heavy atom. The number of fused-ring (bicyclic) bond motifs is 2. The van der Waals surface area contributed by atoms with Crippen LogP contribution in [0.1, 0.15) is 43.0 Å². The summed E-state index contributed by atoms with van der Waals surface area (Å²) < 4.78 is 10.4. The Morgan fingerprint density at radius 1 is 1.24 bits per heavy atom. The lowest BCUT2D eigenvalue weighted by molar-refractivity contribution is -0.179. The van der Waals surface area contributed by atoms with E-state index in [1.54, 1.807) is 6.20 Å². The van der Waals surface area contributed by atoms with E-state index in [1.165, 1.54) is 0 Å². The van der Waals surface area contributed by atoms with E-state index in [4.69, 9.17) is 4.74 Å². The Labute approximate surface area is 171 Å². The van der Waals surface area contributed by atoms with Crippen LogP contribution in [0.3, 0.4) is 0 Å². The molecular formula is C21H29N5O3. The molecule has 0 aliphatic carbocycles. The van der Waals surface area contributed by atoms with E-state index >= 15 is 0 Å². The number of rotatable bonds is 4. The van der Waals surface area contributed by atoms with Gasteiger partial charge in [0.25, 0.3) is 11.8 Å². The largest absolute Gasteiger partial charge is 0.352 e. The van der Waals surface area contributed by atoms with Gasteiger partial charge in [0, 0.05) is 64.7 Å². The van der Waals surface area contributed by atoms with Gasteiger partial charge in [0.1, 0.15) is 17.1 Å². The van der Waals surface area contributed by atoms with Gasteiger partial charge in [-0.1, -0.05) is 0 Å². The lowest BCUT2D eigenvalue weighted by Gasteiger charge is -2.46. The molecule has 29 heavy (non-hydrogen) atoms. The van der Waals surface area contributed by atoms with E-state index in [-0.39, 0.29) is 11.8 Å². The van der Waals surface area contributed by atoms with Crippen molar-refractivity contribution in [2.24, 2.45) is 7.05 Å². The van der Waals surface area contributed by atoms with Crippen molar-refractivity contribution < 1.29 is 14.3 Å². The molecule has 0 bridgehead atoms. The lowest BCUT2D eigenvalue weighted by Crippen LogP contribution is -2.55. The topological polar surface area (TPSA) is 72.6 Å². The molecule has 1 atom stereocenters. The molecule has 2 aromatic heterocycles. The zero-order chi connectivity index (χ0) is 20.6. The van der Waals surface area contributed by atoms with Crippen molar-refractivity contribution >= 4 is 11.8 Å². The molecule has 0 saturated carbocycles. The summed E-state index contributed by atoms with van der Waals surface area (Å²) in [4.78, 5) is 34.1. The number of nitrogens with zero attached hydrogens (tertiary/aromatic N) is 5. The second-order valence-corrected chi connectivity index (χ2v) is 7.81. The number of aryl methyl sites for hydroxylation is 1. The number of aromatic nitrogens is 3. The van der Waals surface area contributed by atoms with Crippen molar-refractivity contribution in [1.82, 2.24) is 23.9 Å². The summed E-state index contributed by atoms with van der Waals surface area (Å²) in [5.74, 6) is 0.922. The second-order valence-electron chi connectivity index (χ2n) is 7.81. The van der Waals surface area contributed by atoms with Crippen LogP contribution in [0.2, 0.25) is 0 Å². The average Bonchev–Trinajstić information content (AvgIpc) is 3.38. The minimum atomic E-state index is -0.625. The molecule has 1 spiro atoms. The smallest absolute Gasteiger partial charge is 0.270 e. The molecule has 8 heteroatoms. The summed E-state index contributed by atoms with van der Waals surface area (Å²) in [6.45, 7) is 6.92. The molecule has 4 heterocycles. The van der Waals surface area contributed by atoms with E-state index in [0.717, 1.165) is 5.82 Å². The van der Waals surface area contributed by atoms with E-state index in [9.17, 15) is 9.59 Å². The quantitative estimate of drug-likeness (QED) is 0.783. The number of imidazole rings is 1. The normalized spacial score (nSPS) is 20.5. The van der Waals surface area contributed by atoms with Crippen molar-refractivity contribution in [2.45, 2.75) is 44.9 Å². The standard InChI is InChI=1S/C21H29N5O3/c1-4-24(5-2)19(28)17-15-26-14-10-22-20(26)21(29-17)8-12-25(13-9-21)18(27)16-7-6-11-23(16)3/h6-7,10-11,14,17H,4-5,8-9,12-13,15H2,1-3H3/t17-/m0/s1. The second kappa shape index (κ2) is 7.67. The highest BCUT2D eigenvalue weighted by Gasteiger charge is 2.48. The first kappa shape index (κ1) is 19.7. The van der Waals surface area contributed by atoms with Crippen LogP contribution in [-0.4, -0.2) is 68.0 Å². The number of carbonyl (C=O) groups is 2. The van der Waals surface area contributed by atoms with Crippen molar-refractivity contribution in [2.75, 3.05) is 26.2 Å². The fourth-order valence-electron chi connectivity index (χ4n) is 4.52. The SMILES string of the molecule is CCN(CC)C(=O)[C@@H]1Cn2ccnc2C2(CCN(C(=O)c3cccn3C)CC2)O1. The molecule has 156 valence electrons. The number of likely N-dealkylation sites (tertiary alicyclic amines) is 1. The zero-order valence-electron chi connectivity index (χ0n) is 17.4. The molecule has 0 aromatic carbocycles. The Kier molecular flexibility index (Phi) is 5.21. The first-order valence-corrected chi connectivity index (χ1v) is 10.4. The molecule has 2 aliphatic rings. The maximum Gasteiger partial charge on any atom is 0.270 e. The number of carbonyl (C=O) groups excluding carboxylic acids is 2. The van der Waals surface area contributed by atoms with Gasteiger partial charge in [0.15, 0.2) is 6.10 Å². The molecule has 2 amide bonds. The highest BCUT2D eigenvalue weighted by Crippen LogP contribution is 2.40. The Morgan fingerprint density at radius 2 is 1.97 bits per heavy atom. The zero-order valence-corrected chi connectivity index (χ0v) is 17.4. The van der Waals surface area contributed by atoms with E-state index in [0.29, 0.717) is 51.3 Å². The third kappa shape index (κ3) is 3.35. The van der Waals surface area contributed by atoms with Gasteiger partial charge in [-0.2, -0.15) is 0 Å². The number of hydrogen-bond acceptors (Lipinski definition) is 4. The predicted octanol–water partition coefficient (Wildman–Crippen LogP) is 1.62. The number of likely N-dealkylation sites (N-methyl/N-ethyl adjacent to an activating group) is 1. The summed E-state index contributed by atoms with van der Waals surface area (Å²) in [5, 5.41) is 0. The van der Waals surface area contributed by atoms with E-state index < -0.39 is 11.7 Å². The van der Waals surface area contributed by atoms with Crippen molar-refractivity contribution in [3.63, 3.8) is 0 Å². The summed E-state index contributed by atoms with van der Waals surface area (Å²) in [5.41, 5.74) is 0.0573. The summed E-state index contributed by atoms with van der Waals surface area (Å²) in [6.07, 6.45) is 6.30. The molecule has 8 nitrogen and oxygen atoms in total. The Bertz CT molecular complexity index is 890. The van der Waals surface area contributed by atoms with E-state index in [2.05, 4.69) is 4.98 Å². The van der Waals surface area contributed by atoms with Gasteiger partial charge in [-0.25, -0.2) is 4.98 Å². The molecule has 2 aliphatic heterocycles. The molecule has 0 unspecified atom stereocenters. The Balaban J connectivity index is 1.54. The molecule has 1 saturated heterocycles. The predicted molar refractivity (Wildman–Crippen MR) is 107 cm³/mol. The summed E-state index contributed by atoms with van der Waals surface area (Å²) in [6, 6.07) is 3.72. The lowest BCUT2D eigenvalue weighted by atomic mass is 9.88. The van der Waals surface area contributed by atoms with Crippen molar-refractivity contribution in [3.8, 4) is 0 Å². The number of hydrogen-bond donors (Lipinski definition) is 0. The van der Waals surface area contributed by atoms with Crippen LogP contribution in [0.15, 0.2) is 30.7 Å². The number of amides is 2. The maximum absolute atomic E-state index is 13.0. The van der Waals surface area contributed by atoms with Gasteiger partial charge in [0.2, 0.25) is 0 Å². The van der Waals surface area contributed by atoms with Gasteiger partial charge in [-0.05, 0) is 26.0 Å². The Hall–Kier alpha value is -2.61. The monoisotopic (exact) mass is 399 g/mol. The fraction of sp³-hybridized carbons (Fsp3) is 0.571. The van der Waals surface area contributed by atoms with Crippen LogP contribution in [0, 0.1) is 0 Å². The first-order chi connectivity index (χ1) is 14.0. The molecule has 0 radical (unpaired) electrons. The van der Waals surface area contributed by atoms with Gasteiger partial charge < -0.3 is 23.7 Å². The van der Waals surface area contributed by atoms with Crippen LogP contribution in [0.25, 0.3) is 0 Å². The third-order valence-electron chi connectivity index (χ3n) is 6.23. The fourth-order valence-corrected chi connectivity index (χ4v) is 4.52. The highest BCUT2D eigenvalue weighted by molar-refractivity contribution is 5.92. The van der Waals surface area contributed by atoms with Crippen LogP contribution >= 0.6 is 0 Å². The van der Waals surface area contributed by atoms with Gasteiger partial charge >= 0.3 is 0 Å². The van der Waals surface area contributed by atoms with Crippen LogP contribution in [-0.2, 0) is 28.7 Å². The average molecular weight is 399 g/mol. The number of piperidine rings is 1. The minimum absolute atomic E-state index is 0.0241. The maximum atomic E-state index is 13.0. The molecule has 2 aromatic rings. The summed E-state index contributed by atoms with van der Waals surface area (Å²) in [7, 11) is 1.88.